The van der Waals surface area contributed by atoms with Crippen LogP contribution in [0.5, 0.6) is 0 Å². The smallest absolute Gasteiger partial charge is 0.380 e. The van der Waals surface area contributed by atoms with E-state index in [0.29, 0.717) is 38.9 Å². The Morgan fingerprint density at radius 3 is 2.50 bits per heavy atom. The molecule has 3 saturated carbocycles. The summed E-state index contributed by atoms with van der Waals surface area (Å²) in [5.41, 5.74) is 0.320. The summed E-state index contributed by atoms with van der Waals surface area (Å²) in [6.45, 7) is 6.67. The van der Waals surface area contributed by atoms with E-state index in [2.05, 4.69) is 52.4 Å². The van der Waals surface area contributed by atoms with Crippen LogP contribution in [0.3, 0.4) is 0 Å². The highest BCUT2D eigenvalue weighted by atomic mass is 79.9. The lowest BCUT2D eigenvalue weighted by molar-refractivity contribution is -0.137. The van der Waals surface area contributed by atoms with Crippen LogP contribution < -0.4 is 16.2 Å². The van der Waals surface area contributed by atoms with Crippen LogP contribution in [-0.4, -0.2) is 21.7 Å². The number of aromatic nitrogens is 2. The molecule has 2 aromatic rings. The quantitative estimate of drug-likeness (QED) is 0.550. The fourth-order valence-electron chi connectivity index (χ4n) is 5.42. The van der Waals surface area contributed by atoms with Crippen LogP contribution >= 0.6 is 15.9 Å². The van der Waals surface area contributed by atoms with Crippen LogP contribution in [0.4, 0.5) is 18.9 Å². The topological polar surface area (TPSA) is 76.0 Å². The summed E-state index contributed by atoms with van der Waals surface area (Å²) in [5, 5.41) is 10.2. The molecule has 4 atom stereocenters. The molecule has 1 aromatic carbocycles. The first-order chi connectivity index (χ1) is 15.9. The average molecular weight is 541 g/mol. The monoisotopic (exact) mass is 540 g/mol. The van der Waals surface area contributed by atoms with Crippen LogP contribution in [-0.2, 0) is 24.1 Å². The fraction of sp³-hybridized carbons (Fsp3) is 0.542. The molecule has 0 radical (unpaired) electrons. The van der Waals surface area contributed by atoms with E-state index < -0.39 is 23.2 Å². The van der Waals surface area contributed by atoms with Crippen LogP contribution in [0.2, 0.25) is 0 Å². The summed E-state index contributed by atoms with van der Waals surface area (Å²) in [4.78, 5) is 25.1. The maximum atomic E-state index is 12.8. The van der Waals surface area contributed by atoms with Gasteiger partial charge >= 0.3 is 6.18 Å². The van der Waals surface area contributed by atoms with Crippen molar-refractivity contribution in [3.05, 3.63) is 56.4 Å². The van der Waals surface area contributed by atoms with Crippen molar-refractivity contribution in [1.82, 2.24) is 15.1 Å². The number of nitrogens with one attached hydrogen (secondary N) is 2. The molecule has 1 amide bonds. The zero-order valence-corrected chi connectivity index (χ0v) is 20.8. The molecule has 0 spiro atoms. The number of hydrogen-bond acceptors (Lipinski definition) is 4. The summed E-state index contributed by atoms with van der Waals surface area (Å²) in [5.74, 6) is 1.34. The number of rotatable bonds is 6. The van der Waals surface area contributed by atoms with Crippen molar-refractivity contribution in [2.75, 3.05) is 5.32 Å². The fourth-order valence-corrected chi connectivity index (χ4v) is 5.84. The van der Waals surface area contributed by atoms with E-state index >= 15 is 0 Å². The van der Waals surface area contributed by atoms with Crippen LogP contribution in [0.1, 0.15) is 44.7 Å². The second-order valence-corrected chi connectivity index (χ2v) is 10.8. The van der Waals surface area contributed by atoms with Gasteiger partial charge in [0.2, 0.25) is 5.91 Å². The van der Waals surface area contributed by atoms with Crippen molar-refractivity contribution in [2.45, 2.75) is 58.9 Å². The molecule has 3 fully saturated rings. The highest BCUT2D eigenvalue weighted by Gasteiger charge is 2.56. The Morgan fingerprint density at radius 2 is 1.91 bits per heavy atom. The number of amides is 1. The third kappa shape index (κ3) is 4.74. The lowest BCUT2D eigenvalue weighted by atomic mass is 9.45. The highest BCUT2D eigenvalue weighted by molar-refractivity contribution is 9.10. The van der Waals surface area contributed by atoms with Gasteiger partial charge in [0.25, 0.3) is 5.56 Å². The number of fused-ring (bicyclic) bond motifs is 2. The van der Waals surface area contributed by atoms with Gasteiger partial charge in [-0.25, -0.2) is 4.68 Å². The van der Waals surface area contributed by atoms with Crippen molar-refractivity contribution >= 4 is 27.5 Å². The molecule has 1 aromatic heterocycles. The third-order valence-electron chi connectivity index (χ3n) is 7.74. The average Bonchev–Trinajstić information content (AvgIpc) is 2.78. The summed E-state index contributed by atoms with van der Waals surface area (Å²) < 4.78 is 39.4. The molecular formula is C24H28BrF3N4O2. The van der Waals surface area contributed by atoms with Gasteiger partial charge in [0.15, 0.2) is 0 Å². The molecule has 0 unspecified atom stereocenters. The van der Waals surface area contributed by atoms with E-state index in [1.165, 1.54) is 18.6 Å². The van der Waals surface area contributed by atoms with E-state index in [4.69, 9.17) is 0 Å². The Bertz CT molecular complexity index is 1130. The van der Waals surface area contributed by atoms with E-state index in [1.807, 2.05) is 0 Å². The Labute approximate surface area is 204 Å². The standard InChI is InChI=1S/C24H28BrF3N4O2/c1-13-17-8-16(23(17,2)3)9-18(13)31-19-11-30-32(22(34)21(19)25)12-20(33)29-10-14-4-6-15(7-5-14)24(26,27)28/h4-7,11,13,16-18,31H,8-10,12H2,1-3H3,(H,29,33)/t13-,16+,17-,18-/m1/s1. The van der Waals surface area contributed by atoms with E-state index in [0.717, 1.165) is 23.2 Å². The van der Waals surface area contributed by atoms with Gasteiger partial charge in [-0.3, -0.25) is 9.59 Å². The molecule has 3 aliphatic carbocycles. The summed E-state index contributed by atoms with van der Waals surface area (Å²) in [6, 6.07) is 4.81. The molecule has 0 aliphatic heterocycles. The predicted octanol–water partition coefficient (Wildman–Crippen LogP) is 4.82. The third-order valence-corrected chi connectivity index (χ3v) is 8.51. The second-order valence-electron chi connectivity index (χ2n) is 10.0. The number of hydrogen-bond donors (Lipinski definition) is 2. The molecule has 184 valence electrons. The summed E-state index contributed by atoms with van der Waals surface area (Å²) >= 11 is 3.36. The minimum Gasteiger partial charge on any atom is -0.380 e. The van der Waals surface area contributed by atoms with Gasteiger partial charge in [0, 0.05) is 12.6 Å². The Hall–Kier alpha value is -2.36. The van der Waals surface area contributed by atoms with Crippen LogP contribution in [0.15, 0.2) is 39.7 Å². The zero-order chi connectivity index (χ0) is 24.8. The molecule has 3 aliphatic rings. The van der Waals surface area contributed by atoms with E-state index in [-0.39, 0.29) is 19.1 Å². The molecule has 2 bridgehead atoms. The van der Waals surface area contributed by atoms with E-state index in [1.54, 1.807) is 6.20 Å². The number of carbonyl (C=O) groups is 1. The molecule has 2 N–H and O–H groups in total. The highest BCUT2D eigenvalue weighted by Crippen LogP contribution is 2.61. The van der Waals surface area contributed by atoms with Gasteiger partial charge in [-0.15, -0.1) is 0 Å². The minimum atomic E-state index is -4.41. The second kappa shape index (κ2) is 9.02. The van der Waals surface area contributed by atoms with Gasteiger partial charge in [-0.05, 0) is 69.6 Å². The SMILES string of the molecule is C[C@@H]1[C@H]2C[C@@H](C[C@H]1Nc1cnn(CC(=O)NCc3ccc(C(F)(F)F)cc3)c(=O)c1Br)C2(C)C. The van der Waals surface area contributed by atoms with Crippen molar-refractivity contribution < 1.29 is 18.0 Å². The van der Waals surface area contributed by atoms with Gasteiger partial charge in [0.05, 0.1) is 17.4 Å². The lowest BCUT2D eigenvalue weighted by Crippen LogP contribution is -2.58. The predicted molar refractivity (Wildman–Crippen MR) is 126 cm³/mol. The molecule has 1 heterocycles. The molecular weight excluding hydrogens is 513 g/mol. The number of alkyl halides is 3. The van der Waals surface area contributed by atoms with Crippen LogP contribution in [0, 0.1) is 23.2 Å². The number of halogens is 4. The van der Waals surface area contributed by atoms with Gasteiger partial charge in [-0.2, -0.15) is 18.3 Å². The Morgan fingerprint density at radius 1 is 1.24 bits per heavy atom. The van der Waals surface area contributed by atoms with Gasteiger partial charge in [0.1, 0.15) is 11.0 Å². The van der Waals surface area contributed by atoms with Crippen molar-refractivity contribution in [3.8, 4) is 0 Å². The van der Waals surface area contributed by atoms with Gasteiger partial charge in [-0.1, -0.05) is 32.9 Å². The largest absolute Gasteiger partial charge is 0.416 e. The lowest BCUT2D eigenvalue weighted by Gasteiger charge is -2.62. The first-order valence-electron chi connectivity index (χ1n) is 11.3. The Kier molecular flexibility index (Phi) is 6.56. The number of carbonyl (C=O) groups excluding carboxylic acids is 1. The molecule has 10 heteroatoms. The molecule has 6 nitrogen and oxygen atoms in total. The minimum absolute atomic E-state index is 0.0464. The molecule has 5 rings (SSSR count). The Balaban J connectivity index is 1.35. The maximum Gasteiger partial charge on any atom is 0.416 e. The molecule has 0 saturated heterocycles. The normalized spacial score (nSPS) is 25.4. The summed E-state index contributed by atoms with van der Waals surface area (Å²) in [6.07, 6.45) is -0.552. The summed E-state index contributed by atoms with van der Waals surface area (Å²) in [7, 11) is 0. The van der Waals surface area contributed by atoms with E-state index in [9.17, 15) is 22.8 Å². The number of benzene rings is 1. The van der Waals surface area contributed by atoms with Crippen molar-refractivity contribution in [1.29, 1.82) is 0 Å². The first kappa shape index (κ1) is 24.8. The van der Waals surface area contributed by atoms with Crippen LogP contribution in [0.25, 0.3) is 0 Å². The molecule has 34 heavy (non-hydrogen) atoms. The number of nitrogens with zero attached hydrogens (tertiary/aromatic N) is 2. The van der Waals surface area contributed by atoms with Crippen molar-refractivity contribution in [3.63, 3.8) is 0 Å². The maximum absolute atomic E-state index is 12.8. The first-order valence-corrected chi connectivity index (χ1v) is 12.1. The van der Waals surface area contributed by atoms with Crippen molar-refractivity contribution in [2.24, 2.45) is 23.2 Å². The zero-order valence-electron chi connectivity index (χ0n) is 19.2. The number of anilines is 1. The van der Waals surface area contributed by atoms with Gasteiger partial charge < -0.3 is 10.6 Å².